The lowest BCUT2D eigenvalue weighted by Gasteiger charge is -2.43. The summed E-state index contributed by atoms with van der Waals surface area (Å²) in [4.78, 5) is 76.4. The quantitative estimate of drug-likeness (QED) is 0.0326. The van der Waals surface area contributed by atoms with Gasteiger partial charge in [0.15, 0.2) is 5.82 Å². The highest BCUT2D eigenvalue weighted by Crippen LogP contribution is 2.39. The SMILES string of the molecule is COc1cc(N2CCC(N3CCN(C(=O)CCOCCOCCC(=O)NC(C(=O)N4C[C@H](O)C[C@H]4C(=O)NCc4ccc(-c5scnc5C)cc4)C(C)(C)C)CC3)CC2)ccc1Nc1ncc(Cl)c(Nc2ccccc2P(C)(C)=O)n1. The lowest BCUT2D eigenvalue weighted by molar-refractivity contribution is -0.144. The number of aryl methyl sites for hydroxylation is 1. The van der Waals surface area contributed by atoms with E-state index in [0.717, 1.165) is 66.4 Å². The second-order valence-corrected chi connectivity index (χ2v) is 26.6. The second-order valence-electron chi connectivity index (χ2n) is 22.2. The molecular formula is C58H77ClN11O9PS. The summed E-state index contributed by atoms with van der Waals surface area (Å²) < 4.78 is 30.2. The number of aliphatic hydroxyl groups is 1. The summed E-state index contributed by atoms with van der Waals surface area (Å²) in [6.45, 7) is 16.8. The minimum atomic E-state index is -2.57. The number of ether oxygens (including phenoxy) is 3. The van der Waals surface area contributed by atoms with Crippen molar-refractivity contribution in [2.45, 2.75) is 90.6 Å². The van der Waals surface area contributed by atoms with Crippen LogP contribution in [-0.4, -0.2) is 175 Å². The molecule has 1 unspecified atom stereocenters. The predicted octanol–water partition coefficient (Wildman–Crippen LogP) is 7.04. The molecule has 436 valence electrons. The number of piperazine rings is 1. The van der Waals surface area contributed by atoms with E-state index in [1.165, 1.54) is 11.1 Å². The number of carbonyl (C=O) groups excluding carboxylic acids is 4. The number of carbonyl (C=O) groups is 4. The van der Waals surface area contributed by atoms with Crippen molar-refractivity contribution >= 4 is 87.8 Å². The first-order chi connectivity index (χ1) is 38.7. The Kier molecular flexibility index (Phi) is 20.8. The van der Waals surface area contributed by atoms with Gasteiger partial charge >= 0.3 is 0 Å². The molecule has 5 aromatic rings. The molecule has 81 heavy (non-hydrogen) atoms. The number of β-amino-alcohol motifs (C(OH)–C–C–N with tert-alkyl or cyclic N) is 1. The Morgan fingerprint density at radius 3 is 2.25 bits per heavy atom. The summed E-state index contributed by atoms with van der Waals surface area (Å²) in [5.74, 6) is 0.224. The molecule has 3 aliphatic heterocycles. The molecule has 4 amide bonds. The van der Waals surface area contributed by atoms with Gasteiger partial charge in [-0.2, -0.15) is 4.98 Å². The third-order valence-electron chi connectivity index (χ3n) is 14.9. The zero-order chi connectivity index (χ0) is 57.8. The molecule has 0 spiro atoms. The largest absolute Gasteiger partial charge is 0.494 e. The normalized spacial score (nSPS) is 17.7. The number of benzene rings is 3. The smallest absolute Gasteiger partial charge is 0.246 e. The van der Waals surface area contributed by atoms with Crippen LogP contribution in [0.25, 0.3) is 10.4 Å². The van der Waals surface area contributed by atoms with E-state index in [9.17, 15) is 28.8 Å². The molecule has 0 bridgehead atoms. The average Bonchev–Trinajstić information content (AvgIpc) is 4.10. The van der Waals surface area contributed by atoms with Gasteiger partial charge in [-0.25, -0.2) is 9.97 Å². The van der Waals surface area contributed by atoms with Gasteiger partial charge in [0, 0.05) is 88.3 Å². The first-order valence-electron chi connectivity index (χ1n) is 27.6. The molecular weight excluding hydrogens is 1090 g/mol. The van der Waals surface area contributed by atoms with Gasteiger partial charge < -0.3 is 59.8 Å². The van der Waals surface area contributed by atoms with E-state index in [-0.39, 0.29) is 76.5 Å². The number of anilines is 5. The fourth-order valence-corrected chi connectivity index (χ4v) is 12.5. The third-order valence-corrected chi connectivity index (χ3v) is 17.7. The van der Waals surface area contributed by atoms with Gasteiger partial charge in [0.25, 0.3) is 0 Å². The molecule has 0 aliphatic carbocycles. The van der Waals surface area contributed by atoms with Gasteiger partial charge in [-0.3, -0.25) is 24.1 Å². The molecule has 3 fully saturated rings. The highest BCUT2D eigenvalue weighted by molar-refractivity contribution is 7.70. The van der Waals surface area contributed by atoms with E-state index in [4.69, 9.17) is 25.8 Å². The monoisotopic (exact) mass is 1170 g/mol. The standard InChI is InChI=1S/C58H77ClN11O9PS/c1-38-52(81-37-62-38)40-14-12-39(13-15-40)34-60-55(74)47-33-43(71)36-70(47)56(75)53(58(2,3)4)65-50(72)20-28-78-30-31-79-29-21-51(73)69-26-24-68(25-27-69)41-18-22-67(23-19-41)42-16-17-45(48(32-42)77-5)64-57-61-35-44(59)54(66-57)63-46-10-8-9-11-49(46)80(6,7)76/h8-17,32,35,37,41,43,47,53,71H,18-31,33-34,36H2,1-7H3,(H,60,74)(H,65,72)(H2,61,63,64,66)/t43-,47+,53?/m1/s1. The van der Waals surface area contributed by atoms with Crippen LogP contribution in [0.1, 0.15) is 64.1 Å². The maximum atomic E-state index is 14.0. The number of aliphatic hydroxyl groups excluding tert-OH is 1. The number of rotatable bonds is 23. The Balaban J connectivity index is 0.694. The summed E-state index contributed by atoms with van der Waals surface area (Å²) in [7, 11) is -0.941. The van der Waals surface area contributed by atoms with Crippen molar-refractivity contribution in [3.8, 4) is 16.2 Å². The van der Waals surface area contributed by atoms with Crippen LogP contribution >= 0.6 is 30.1 Å². The van der Waals surface area contributed by atoms with Crippen LogP contribution in [0.4, 0.5) is 28.8 Å². The molecule has 3 atom stereocenters. The number of amides is 4. The van der Waals surface area contributed by atoms with Crippen LogP contribution in [0.3, 0.4) is 0 Å². The summed E-state index contributed by atoms with van der Waals surface area (Å²) >= 11 is 8.07. The van der Waals surface area contributed by atoms with Crippen molar-refractivity contribution in [2.24, 2.45) is 5.41 Å². The van der Waals surface area contributed by atoms with E-state index in [1.54, 1.807) is 31.8 Å². The summed E-state index contributed by atoms with van der Waals surface area (Å²) in [5, 5.41) is 23.9. The van der Waals surface area contributed by atoms with Crippen molar-refractivity contribution in [3.05, 3.63) is 94.7 Å². The van der Waals surface area contributed by atoms with Gasteiger partial charge in [0.1, 0.15) is 30.0 Å². The number of nitrogens with one attached hydrogen (secondary N) is 4. The number of thiazole rings is 1. The molecule has 0 saturated carbocycles. The van der Waals surface area contributed by atoms with Gasteiger partial charge in [-0.15, -0.1) is 11.3 Å². The Hall–Kier alpha value is -6.19. The number of para-hydroxylation sites is 1. The van der Waals surface area contributed by atoms with Crippen LogP contribution in [0.5, 0.6) is 5.75 Å². The zero-order valence-corrected chi connectivity index (χ0v) is 49.9. The Morgan fingerprint density at radius 1 is 0.877 bits per heavy atom. The maximum absolute atomic E-state index is 14.0. The lowest BCUT2D eigenvalue weighted by Crippen LogP contribution is -2.57. The van der Waals surface area contributed by atoms with Crippen molar-refractivity contribution in [2.75, 3.05) is 108 Å². The van der Waals surface area contributed by atoms with E-state index in [1.807, 2.05) is 98.8 Å². The van der Waals surface area contributed by atoms with Crippen molar-refractivity contribution in [3.63, 3.8) is 0 Å². The van der Waals surface area contributed by atoms with Gasteiger partial charge in [-0.05, 0) is 73.9 Å². The number of piperidine rings is 1. The first kappa shape index (κ1) is 60.9. The van der Waals surface area contributed by atoms with E-state index in [2.05, 4.69) is 52.1 Å². The van der Waals surface area contributed by atoms with Crippen LogP contribution in [0.15, 0.2) is 78.4 Å². The van der Waals surface area contributed by atoms with Gasteiger partial charge in [0.2, 0.25) is 29.6 Å². The number of hydrogen-bond donors (Lipinski definition) is 5. The Labute approximate surface area is 484 Å². The van der Waals surface area contributed by atoms with Gasteiger partial charge in [-0.1, -0.05) is 68.8 Å². The summed E-state index contributed by atoms with van der Waals surface area (Å²) in [5.41, 5.74) is 6.44. The molecule has 3 saturated heterocycles. The predicted molar refractivity (Wildman–Crippen MR) is 318 cm³/mol. The Bertz CT molecular complexity index is 3010. The van der Waals surface area contributed by atoms with E-state index < -0.39 is 36.7 Å². The maximum Gasteiger partial charge on any atom is 0.246 e. The minimum Gasteiger partial charge on any atom is -0.494 e. The number of hydrogen-bond acceptors (Lipinski definition) is 17. The van der Waals surface area contributed by atoms with Crippen molar-refractivity contribution < 1.29 is 43.1 Å². The average molecular weight is 1170 g/mol. The zero-order valence-electron chi connectivity index (χ0n) is 47.4. The van der Waals surface area contributed by atoms with Crippen LogP contribution in [-0.2, 0) is 39.8 Å². The topological polar surface area (TPSA) is 233 Å². The highest BCUT2D eigenvalue weighted by atomic mass is 35.5. The number of nitrogens with zero attached hydrogens (tertiary/aromatic N) is 7. The van der Waals surface area contributed by atoms with E-state index >= 15 is 0 Å². The Morgan fingerprint density at radius 2 is 1.58 bits per heavy atom. The fourth-order valence-electron chi connectivity index (χ4n) is 10.4. The number of likely N-dealkylation sites (tertiary alicyclic amines) is 1. The molecule has 5 heterocycles. The number of methoxy groups -OCH3 is 1. The lowest BCUT2D eigenvalue weighted by atomic mass is 9.85. The molecule has 20 nitrogen and oxygen atoms in total. The molecule has 2 aromatic heterocycles. The van der Waals surface area contributed by atoms with Crippen molar-refractivity contribution in [1.82, 2.24) is 40.3 Å². The summed E-state index contributed by atoms with van der Waals surface area (Å²) in [6.07, 6.45) is 3.00. The molecule has 8 rings (SSSR count). The first-order valence-corrected chi connectivity index (χ1v) is 31.5. The van der Waals surface area contributed by atoms with E-state index in [0.29, 0.717) is 58.3 Å². The van der Waals surface area contributed by atoms with Crippen LogP contribution < -0.4 is 36.2 Å². The molecule has 3 aromatic carbocycles. The molecule has 5 N–H and O–H groups in total. The summed E-state index contributed by atoms with van der Waals surface area (Å²) in [6, 6.07) is 19.9. The molecule has 0 radical (unpaired) electrons. The third kappa shape index (κ3) is 16.3. The van der Waals surface area contributed by atoms with Gasteiger partial charge in [0.05, 0.1) is 79.7 Å². The van der Waals surface area contributed by atoms with Crippen LogP contribution in [0, 0.1) is 12.3 Å². The second kappa shape index (κ2) is 27.7. The molecule has 3 aliphatic rings. The number of aromatic nitrogens is 3. The minimum absolute atomic E-state index is 0.00494. The van der Waals surface area contributed by atoms with Crippen molar-refractivity contribution in [1.29, 1.82) is 0 Å². The van der Waals surface area contributed by atoms with Crippen LogP contribution in [0.2, 0.25) is 5.02 Å². The number of halogens is 1. The fraction of sp³-hybridized carbons (Fsp3) is 0.500. The molecule has 23 heteroatoms. The highest BCUT2D eigenvalue weighted by Gasteiger charge is 2.44.